The fourth-order valence-corrected chi connectivity index (χ4v) is 21.7. The summed E-state index contributed by atoms with van der Waals surface area (Å²) in [7, 11) is 0. The molecule has 19 rings (SSSR count). The third-order valence-electron chi connectivity index (χ3n) is 18.8. The van der Waals surface area contributed by atoms with Crippen LogP contribution in [-0.4, -0.2) is 90.7 Å². The van der Waals surface area contributed by atoms with Crippen molar-refractivity contribution in [1.82, 2.24) is 18.7 Å². The monoisotopic (exact) mass is 1080 g/mol. The Labute approximate surface area is 431 Å². The molecule has 6 bridgehead atoms. The quantitative estimate of drug-likeness (QED) is 0.132. The number of anilines is 2. The summed E-state index contributed by atoms with van der Waals surface area (Å²) in [6.07, 6.45) is 21.2. The average Bonchev–Trinajstić information content (AvgIpc) is 4.21. The van der Waals surface area contributed by atoms with Gasteiger partial charge >= 0.3 is 0 Å². The summed E-state index contributed by atoms with van der Waals surface area (Å²) in [6.45, 7) is 1.16. The molecular formula is C54H34BrN9O6S3+2. The first-order valence-corrected chi connectivity index (χ1v) is 28.1. The summed E-state index contributed by atoms with van der Waals surface area (Å²) in [5.41, 5.74) is 5.96. The molecule has 2 saturated heterocycles. The van der Waals surface area contributed by atoms with Gasteiger partial charge in [-0.15, -0.1) is 35.3 Å². The summed E-state index contributed by atoms with van der Waals surface area (Å²) < 4.78 is 6.89. The average molecular weight is 1080 g/mol. The van der Waals surface area contributed by atoms with Gasteiger partial charge in [0.1, 0.15) is 41.4 Å². The number of carbonyl (C=O) groups excluding carboxylic acids is 3. The molecule has 4 aliphatic carbocycles. The van der Waals surface area contributed by atoms with Crippen LogP contribution in [0.5, 0.6) is 11.5 Å². The molecule has 16 aliphatic rings. The molecule has 0 unspecified atom stereocenters. The van der Waals surface area contributed by atoms with Gasteiger partial charge in [-0.05, 0) is 76.4 Å². The zero-order valence-corrected chi connectivity index (χ0v) is 41.9. The van der Waals surface area contributed by atoms with E-state index in [0.29, 0.717) is 93.2 Å². The van der Waals surface area contributed by atoms with Crippen LogP contribution >= 0.6 is 51.2 Å². The highest BCUT2D eigenvalue weighted by Gasteiger charge is 2.70. The number of fused-ring (bicyclic) bond motifs is 9. The third-order valence-corrected chi connectivity index (χ3v) is 23.7. The number of aromatic hydroxyl groups is 2. The van der Waals surface area contributed by atoms with Crippen molar-refractivity contribution in [1.29, 1.82) is 0 Å². The Morgan fingerprint density at radius 3 is 2.18 bits per heavy atom. The van der Waals surface area contributed by atoms with E-state index in [1.54, 1.807) is 47.6 Å². The number of aliphatic imine (C=N–C) groups is 2. The molecule has 0 radical (unpaired) electrons. The van der Waals surface area contributed by atoms with E-state index >= 15 is 4.79 Å². The van der Waals surface area contributed by atoms with Gasteiger partial charge in [-0.25, -0.2) is 9.15 Å². The lowest BCUT2D eigenvalue weighted by Gasteiger charge is -2.49. The molecule has 1 aromatic heterocycles. The second-order valence-electron chi connectivity index (χ2n) is 21.6. The molecule has 73 heavy (non-hydrogen) atoms. The summed E-state index contributed by atoms with van der Waals surface area (Å²) in [5.74, 6) is -0.000425. The van der Waals surface area contributed by atoms with Crippen molar-refractivity contribution in [3.8, 4) is 22.8 Å². The summed E-state index contributed by atoms with van der Waals surface area (Å²) in [5, 5.41) is 35.5. The number of phenols is 2. The van der Waals surface area contributed by atoms with Crippen molar-refractivity contribution in [2.75, 3.05) is 23.7 Å². The fraction of sp³-hybridized carbons (Fsp3) is 0.278. The Bertz CT molecular complexity index is 4520. The highest BCUT2D eigenvalue weighted by Crippen LogP contribution is 2.69. The highest BCUT2D eigenvalue weighted by molar-refractivity contribution is 9.12. The second kappa shape index (κ2) is 12.3. The number of aromatic nitrogens is 2. The number of carbonyl (C=O) groups is 3. The van der Waals surface area contributed by atoms with Crippen molar-refractivity contribution in [3.63, 3.8) is 0 Å². The lowest BCUT2D eigenvalue weighted by molar-refractivity contribution is -0.120. The van der Waals surface area contributed by atoms with E-state index in [1.165, 1.54) is 0 Å². The van der Waals surface area contributed by atoms with Crippen LogP contribution in [0.4, 0.5) is 22.7 Å². The van der Waals surface area contributed by atoms with Crippen LogP contribution in [0.1, 0.15) is 48.4 Å². The largest absolute Gasteiger partial charge is 0.504 e. The lowest BCUT2D eigenvalue weighted by atomic mass is 9.61. The smallest absolute Gasteiger partial charge is 0.236 e. The van der Waals surface area contributed by atoms with Gasteiger partial charge in [-0.3, -0.25) is 34.2 Å². The summed E-state index contributed by atoms with van der Waals surface area (Å²) in [4.78, 5) is 80.8. The number of hydrogen-bond acceptors (Lipinski definition) is 14. The number of allylic oxidation sites excluding steroid dienone is 7. The molecule has 12 aliphatic heterocycles. The van der Waals surface area contributed by atoms with E-state index in [4.69, 9.17) is 15.0 Å². The molecular weight excluding hydrogens is 1050 g/mol. The van der Waals surface area contributed by atoms with Gasteiger partial charge in [-0.2, -0.15) is 0 Å². The first-order valence-electron chi connectivity index (χ1n) is 24.6. The molecule has 354 valence electrons. The molecule has 15 nitrogen and oxygen atoms in total. The van der Waals surface area contributed by atoms with Crippen molar-refractivity contribution < 1.29 is 24.6 Å². The molecule has 19 heteroatoms. The number of benzene rings is 3. The van der Waals surface area contributed by atoms with E-state index in [-0.39, 0.29) is 50.4 Å². The Morgan fingerprint density at radius 1 is 0.822 bits per heavy atom. The van der Waals surface area contributed by atoms with Crippen molar-refractivity contribution in [2.24, 2.45) is 15.0 Å². The van der Waals surface area contributed by atoms with Crippen LogP contribution in [0.2, 0.25) is 0 Å². The molecule has 13 heterocycles. The molecule has 0 saturated carbocycles. The van der Waals surface area contributed by atoms with Crippen LogP contribution in [0.3, 0.4) is 0 Å². The molecule has 9 atom stereocenters. The number of ketones is 3. The van der Waals surface area contributed by atoms with E-state index in [2.05, 4.69) is 45.3 Å². The van der Waals surface area contributed by atoms with Gasteiger partial charge in [0.15, 0.2) is 17.3 Å². The van der Waals surface area contributed by atoms with Crippen LogP contribution in [0.25, 0.3) is 33.3 Å². The maximum absolute atomic E-state index is 16.1. The lowest BCUT2D eigenvalue weighted by Crippen LogP contribution is -2.69. The third kappa shape index (κ3) is 4.10. The Hall–Kier alpha value is -6.54. The maximum atomic E-state index is 16.1. The van der Waals surface area contributed by atoms with E-state index in [0.717, 1.165) is 58.6 Å². The molecule has 2 fully saturated rings. The number of nitrogens with zero attached hydrogens (tertiary/aromatic N) is 6. The SMILES string of the molecule is O=C1C=C(S[C@@H]2[C@H]3C(=O)C=C4S[C@H]5C[C@@]42c2c(c(O)c4c6c2=[N+]3CCC=6C=N4)N5)[C@@]2(C=CN=c3c2c2[nH]ccc4cn([C@H]5[C@H]6C(=O)C=C7S[C@H]8C[C@]75c5c(c(O)c7c9c5=[N+]6CCC=9C=N7)N8)c(c4-2)c3=O)C=C1Br. The van der Waals surface area contributed by atoms with Gasteiger partial charge in [0.05, 0.1) is 75.4 Å². The molecule has 3 spiro atoms. The first-order chi connectivity index (χ1) is 35.5. The van der Waals surface area contributed by atoms with Crippen molar-refractivity contribution in [3.05, 3.63) is 128 Å². The van der Waals surface area contributed by atoms with E-state index in [1.807, 2.05) is 55.2 Å². The number of halogens is 1. The Balaban J connectivity index is 0.840. The predicted molar refractivity (Wildman–Crippen MR) is 283 cm³/mol. The number of rotatable bonds is 3. The minimum atomic E-state index is -1.20. The maximum Gasteiger partial charge on any atom is 0.236 e. The Kier molecular flexibility index (Phi) is 6.75. The first kappa shape index (κ1) is 39.9. The minimum absolute atomic E-state index is 0.00532. The van der Waals surface area contributed by atoms with Gasteiger partial charge < -0.3 is 30.4 Å². The van der Waals surface area contributed by atoms with Crippen LogP contribution in [-0.2, 0) is 30.6 Å². The highest BCUT2D eigenvalue weighted by atomic mass is 79.9. The van der Waals surface area contributed by atoms with E-state index < -0.39 is 39.6 Å². The molecule has 5 N–H and O–H groups in total. The number of nitrogens with one attached hydrogen (secondary N) is 3. The molecule has 2 aromatic carbocycles. The van der Waals surface area contributed by atoms with Gasteiger partial charge in [0.2, 0.25) is 39.8 Å². The van der Waals surface area contributed by atoms with Crippen LogP contribution in [0, 0.1) is 0 Å². The van der Waals surface area contributed by atoms with Gasteiger partial charge in [0, 0.05) is 75.1 Å². The number of pyridine rings is 1. The topological polar surface area (TPSA) is 197 Å². The number of phenolic OH excluding ortho intramolecular Hbond substituents is 2. The zero-order valence-electron chi connectivity index (χ0n) is 37.9. The van der Waals surface area contributed by atoms with Crippen LogP contribution < -0.4 is 51.7 Å². The molecule has 3 aromatic rings. The number of aromatic amines is 1. The number of thioether (sulfide) groups is 3. The standard InChI is InChI=1S/C54H32BrN9O6S3/c55-21-12-52(25(9-22(21)65)73-51-43-24(67)11-27-54(51)14-29(72-27)61-41-35(54)45-31-19(3-8-63(43)45)16-59-38(31)48(41)69)4-6-57-39-33(52)36-32-20(1-5-56-36)17-64(46(32)49(39)70)50-42-23(66)10-26-53(50)13-28(71-26)60-40-34(53)44-30-18(2-7-62(42)44)15-58-37(30)47(40)68/h1,4-6,9-12,15-17,28-29,42-43,50-51H,2-3,7-8,13-14H2,(H3,56,57,58,59,60,61,68,69)/p+2/t28-,29-,42+,43+,50-,51+,52+,53+,54-/m0/s1. The summed E-state index contributed by atoms with van der Waals surface area (Å²) in [6, 6.07) is 0.190. The summed E-state index contributed by atoms with van der Waals surface area (Å²) >= 11 is 8.48. The van der Waals surface area contributed by atoms with Crippen LogP contribution in [0.15, 0.2) is 94.0 Å². The van der Waals surface area contributed by atoms with Gasteiger partial charge in [-0.1, -0.05) is 0 Å². The minimum Gasteiger partial charge on any atom is -0.504 e. The zero-order chi connectivity index (χ0) is 48.2. The van der Waals surface area contributed by atoms with Crippen molar-refractivity contribution in [2.45, 2.75) is 76.1 Å². The second-order valence-corrected chi connectivity index (χ2v) is 26.2. The predicted octanol–water partition coefficient (Wildman–Crippen LogP) is 3.21. The van der Waals surface area contributed by atoms with Gasteiger partial charge in [0.25, 0.3) is 0 Å². The Morgan fingerprint density at radius 2 is 1.47 bits per heavy atom. The van der Waals surface area contributed by atoms with Crippen molar-refractivity contribution >= 4 is 126 Å². The fourth-order valence-electron chi connectivity index (χ4n) is 16.3. The normalized spacial score (nSPS) is 33.4. The molecule has 0 amide bonds. The number of H-pyrrole nitrogens is 1. The number of hydrogen-bond donors (Lipinski definition) is 5. The van der Waals surface area contributed by atoms with E-state index in [9.17, 15) is 24.6 Å².